The molecule has 2 N–H and O–H groups in total. The molecular formula is C45H59Cl2F2IN10O4S2. The first-order valence-corrected chi connectivity index (χ1v) is 23.3. The first-order chi connectivity index (χ1) is 29.5. The molecule has 0 bridgehead atoms. The number of halogens is 5. The summed E-state index contributed by atoms with van der Waals surface area (Å²) in [4.78, 5) is 2.06. The molecule has 0 saturated heterocycles. The average Bonchev–Trinajstić information content (AvgIpc) is 3.77. The third kappa shape index (κ3) is 15.0. The van der Waals surface area contributed by atoms with E-state index in [-0.39, 0.29) is 73.4 Å². The van der Waals surface area contributed by atoms with Gasteiger partial charge in [0, 0.05) is 37.4 Å². The zero-order valence-electron chi connectivity index (χ0n) is 38.3. The number of benzene rings is 4. The molecule has 21 heteroatoms. The summed E-state index contributed by atoms with van der Waals surface area (Å²) < 4.78 is 90.2. The molecule has 0 atom stereocenters. The Bertz CT molecular complexity index is 2840. The van der Waals surface area contributed by atoms with E-state index in [9.17, 15) is 25.6 Å². The van der Waals surface area contributed by atoms with Gasteiger partial charge in [0.15, 0.2) is 11.6 Å². The molecule has 4 aromatic carbocycles. The van der Waals surface area contributed by atoms with Crippen LogP contribution in [0.5, 0.6) is 0 Å². The molecule has 6 rings (SSSR count). The van der Waals surface area contributed by atoms with Gasteiger partial charge >= 0.3 is 0 Å². The Morgan fingerprint density at radius 2 is 1.08 bits per heavy atom. The SMILES string of the molecule is C.C=[N+](C)C.CN(C)Cc1nnc(-c2cc(Cl)c(F)cc2NS(=O)(=O)c2ccc(C(C)(C)C)cc2)n1C.Cn1cnnc1-c1cc(Cl)c(F)cc1NS(=O)(=O)c1ccc(C(C)(C)C)cc1.[I-]. The van der Waals surface area contributed by atoms with Crippen molar-refractivity contribution in [2.24, 2.45) is 14.1 Å². The summed E-state index contributed by atoms with van der Waals surface area (Å²) >= 11 is 11.9. The van der Waals surface area contributed by atoms with Gasteiger partial charge in [0.25, 0.3) is 20.0 Å². The lowest BCUT2D eigenvalue weighted by Gasteiger charge is -2.19. The van der Waals surface area contributed by atoms with Crippen molar-refractivity contribution in [2.75, 3.05) is 37.6 Å². The number of hydrogen-bond acceptors (Lipinski definition) is 9. The largest absolute Gasteiger partial charge is 1.00 e. The number of nitrogens with zero attached hydrogens (tertiary/aromatic N) is 8. The van der Waals surface area contributed by atoms with Crippen LogP contribution >= 0.6 is 23.2 Å². The zero-order chi connectivity index (χ0) is 48.1. The van der Waals surface area contributed by atoms with E-state index in [4.69, 9.17) is 23.2 Å². The maximum absolute atomic E-state index is 14.3. The van der Waals surface area contributed by atoms with Gasteiger partial charge in [0.1, 0.15) is 44.6 Å². The Hall–Kier alpha value is -4.54. The van der Waals surface area contributed by atoms with Gasteiger partial charge in [-0.15, -0.1) is 20.4 Å². The molecular weight excluding hydrogens is 1040 g/mol. The van der Waals surface area contributed by atoms with Crippen LogP contribution in [0.15, 0.2) is 88.9 Å². The zero-order valence-corrected chi connectivity index (χ0v) is 43.6. The quantitative estimate of drug-likeness (QED) is 0.0899. The minimum atomic E-state index is -3.99. The molecule has 2 heterocycles. The number of aromatic nitrogens is 6. The fourth-order valence-electron chi connectivity index (χ4n) is 5.85. The Morgan fingerprint density at radius 3 is 1.41 bits per heavy atom. The van der Waals surface area contributed by atoms with Gasteiger partial charge in [0.05, 0.1) is 37.8 Å². The molecule has 0 amide bonds. The van der Waals surface area contributed by atoms with Gasteiger partial charge in [-0.3, -0.25) is 9.44 Å². The number of aryl methyl sites for hydroxylation is 1. The van der Waals surface area contributed by atoms with Gasteiger partial charge in [-0.1, -0.05) is 96.4 Å². The van der Waals surface area contributed by atoms with Crippen molar-refractivity contribution < 1.29 is 54.2 Å². The van der Waals surface area contributed by atoms with Crippen molar-refractivity contribution in [1.29, 1.82) is 0 Å². The van der Waals surface area contributed by atoms with Crippen molar-refractivity contribution in [2.45, 2.75) is 76.1 Å². The second-order valence-electron chi connectivity index (χ2n) is 17.5. The Morgan fingerprint density at radius 1 is 0.697 bits per heavy atom. The highest BCUT2D eigenvalue weighted by Crippen LogP contribution is 2.35. The van der Waals surface area contributed by atoms with Crippen LogP contribution in [0, 0.1) is 11.6 Å². The average molecular weight is 1100 g/mol. The minimum absolute atomic E-state index is 0. The molecule has 0 unspecified atom stereocenters. The maximum atomic E-state index is 14.3. The van der Waals surface area contributed by atoms with Crippen molar-refractivity contribution in [3.63, 3.8) is 0 Å². The molecule has 0 aliphatic carbocycles. The molecule has 0 aliphatic heterocycles. The van der Waals surface area contributed by atoms with Crippen LogP contribution in [0.25, 0.3) is 22.8 Å². The van der Waals surface area contributed by atoms with E-state index < -0.39 is 31.7 Å². The van der Waals surface area contributed by atoms with Crippen LogP contribution in [0.4, 0.5) is 20.2 Å². The summed E-state index contributed by atoms with van der Waals surface area (Å²) in [7, 11) is 3.09. The second-order valence-corrected chi connectivity index (χ2v) is 21.6. The summed E-state index contributed by atoms with van der Waals surface area (Å²) in [5, 5.41) is 15.8. The standard InChI is InChI=1S/C22H27ClFN5O2S.C19H20ClFN4O2S.C3H8N.CH4.HI/c1-22(2,3)14-7-9-15(10-8-14)32(30,31)27-19-12-18(24)17(23)11-16(19)21-26-25-20(29(21)6)13-28(4)5;1-19(2,3)12-5-7-13(8-6-12)28(26,27)24-17-10-16(21)15(20)9-14(17)18-23-22-11-25(18)4;1-4(2)3;;/h7-12,27H,13H2,1-6H3;5-11,24H,1-4H3;1H2,2-3H3;1H4;1H/q;;+1;;/p-1. The molecule has 0 aliphatic rings. The van der Waals surface area contributed by atoms with Gasteiger partial charge in [-0.2, -0.15) is 0 Å². The molecule has 6 aromatic rings. The number of sulfonamides is 2. The highest BCUT2D eigenvalue weighted by molar-refractivity contribution is 7.93. The van der Waals surface area contributed by atoms with E-state index in [0.29, 0.717) is 35.1 Å². The summed E-state index contributed by atoms with van der Waals surface area (Å²) in [6, 6.07) is 17.9. The fourth-order valence-corrected chi connectivity index (χ4v) is 8.32. The van der Waals surface area contributed by atoms with Crippen LogP contribution in [0.1, 0.15) is 65.9 Å². The van der Waals surface area contributed by atoms with E-state index in [2.05, 4.69) is 36.6 Å². The molecule has 14 nitrogen and oxygen atoms in total. The number of rotatable bonds is 10. The number of anilines is 2. The molecule has 66 heavy (non-hydrogen) atoms. The molecule has 0 spiro atoms. The van der Waals surface area contributed by atoms with Crippen molar-refractivity contribution >= 4 is 61.3 Å². The van der Waals surface area contributed by atoms with Gasteiger partial charge in [-0.05, 0) is 72.5 Å². The second kappa shape index (κ2) is 23.0. The molecule has 0 saturated carbocycles. The normalized spacial score (nSPS) is 11.6. The number of hydrogen-bond donors (Lipinski definition) is 2. The van der Waals surface area contributed by atoms with Gasteiger partial charge in [0.2, 0.25) is 0 Å². The molecule has 0 fully saturated rings. The van der Waals surface area contributed by atoms with Crippen LogP contribution in [0.2, 0.25) is 10.0 Å². The lowest BCUT2D eigenvalue weighted by Crippen LogP contribution is -3.00. The van der Waals surface area contributed by atoms with Crippen LogP contribution in [-0.4, -0.2) is 90.7 Å². The van der Waals surface area contributed by atoms with Gasteiger partial charge < -0.3 is 38.0 Å². The van der Waals surface area contributed by atoms with E-state index >= 15 is 0 Å². The van der Waals surface area contributed by atoms with Crippen LogP contribution in [0.3, 0.4) is 0 Å². The van der Waals surface area contributed by atoms with Crippen molar-refractivity contribution in [1.82, 2.24) is 34.4 Å². The molecule has 360 valence electrons. The lowest BCUT2D eigenvalue weighted by molar-refractivity contribution is -0.454. The third-order valence-corrected chi connectivity index (χ3v) is 12.6. The highest BCUT2D eigenvalue weighted by Gasteiger charge is 2.25. The maximum Gasteiger partial charge on any atom is 0.261 e. The Balaban J connectivity index is 0.000000410. The predicted octanol–water partition coefficient (Wildman–Crippen LogP) is 6.41. The highest BCUT2D eigenvalue weighted by atomic mass is 127. The third-order valence-electron chi connectivity index (χ3n) is 9.29. The van der Waals surface area contributed by atoms with Gasteiger partial charge in [-0.25, -0.2) is 30.2 Å². The molecule has 0 radical (unpaired) electrons. The van der Waals surface area contributed by atoms with E-state index in [1.54, 1.807) is 52.1 Å². The fraction of sp³-hybridized carbons (Fsp3) is 0.356. The topological polar surface area (TPSA) is 160 Å². The first-order valence-electron chi connectivity index (χ1n) is 19.6. The predicted molar refractivity (Wildman–Crippen MR) is 258 cm³/mol. The van der Waals surface area contributed by atoms with Crippen LogP contribution in [-0.2, 0) is 51.5 Å². The van der Waals surface area contributed by atoms with Crippen molar-refractivity contribution in [3.8, 4) is 22.8 Å². The van der Waals surface area contributed by atoms with E-state index in [1.807, 2.05) is 74.6 Å². The van der Waals surface area contributed by atoms with E-state index in [0.717, 1.165) is 23.3 Å². The summed E-state index contributed by atoms with van der Waals surface area (Å²) in [5.74, 6) is -0.107. The minimum Gasteiger partial charge on any atom is -1.00 e. The molecule has 2 aromatic heterocycles. The van der Waals surface area contributed by atoms with E-state index in [1.165, 1.54) is 42.7 Å². The first kappa shape index (κ1) is 57.6. The monoisotopic (exact) mass is 1100 g/mol. The van der Waals surface area contributed by atoms with Crippen LogP contribution < -0.4 is 33.4 Å². The summed E-state index contributed by atoms with van der Waals surface area (Å²) in [5.41, 5.74) is 2.49. The Kier molecular flexibility index (Phi) is 20.0. The summed E-state index contributed by atoms with van der Waals surface area (Å²) in [6.45, 7) is 16.3. The van der Waals surface area contributed by atoms with Crippen molar-refractivity contribution in [3.05, 3.63) is 118 Å². The summed E-state index contributed by atoms with van der Waals surface area (Å²) in [6.07, 6.45) is 1.45. The lowest BCUT2D eigenvalue weighted by atomic mass is 9.87. The Labute approximate surface area is 415 Å². The smallest absolute Gasteiger partial charge is 0.261 e. The number of nitrogens with one attached hydrogen (secondary N) is 2.